The molecule has 0 radical (unpaired) electrons. The van der Waals surface area contributed by atoms with Crippen molar-refractivity contribution in [3.8, 4) is 45.3 Å². The highest BCUT2D eigenvalue weighted by Gasteiger charge is 2.13. The van der Waals surface area contributed by atoms with E-state index in [0.29, 0.717) is 17.5 Å². The fraction of sp³-hybridized carbons (Fsp3) is 0.0606. The molecular formula is C33H24BrN3. The first-order valence-electron chi connectivity index (χ1n) is 12.4. The Hall–Kier alpha value is -4.15. The van der Waals surface area contributed by atoms with Crippen molar-refractivity contribution in [2.45, 2.75) is 12.8 Å². The van der Waals surface area contributed by atoms with Crippen LogP contribution in [0, 0.1) is 0 Å². The normalized spacial score (nSPS) is 12.8. The maximum atomic E-state index is 4.90. The minimum atomic E-state index is 0.654. The molecule has 37 heavy (non-hydrogen) atoms. The summed E-state index contributed by atoms with van der Waals surface area (Å²) in [6.45, 7) is 0. The van der Waals surface area contributed by atoms with Gasteiger partial charge in [0.1, 0.15) is 0 Å². The van der Waals surface area contributed by atoms with Crippen molar-refractivity contribution in [2.24, 2.45) is 0 Å². The molecule has 1 aromatic heterocycles. The van der Waals surface area contributed by atoms with Gasteiger partial charge in [0.05, 0.1) is 0 Å². The third-order valence-electron chi connectivity index (χ3n) is 6.46. The van der Waals surface area contributed by atoms with Gasteiger partial charge in [-0.3, -0.25) is 0 Å². The highest BCUT2D eigenvalue weighted by molar-refractivity contribution is 9.10. The predicted octanol–water partition coefficient (Wildman–Crippen LogP) is 9.04. The summed E-state index contributed by atoms with van der Waals surface area (Å²) in [5.74, 6) is 1.97. The van der Waals surface area contributed by atoms with Crippen molar-refractivity contribution in [1.29, 1.82) is 0 Å². The van der Waals surface area contributed by atoms with E-state index in [0.717, 1.165) is 39.6 Å². The maximum absolute atomic E-state index is 4.90. The van der Waals surface area contributed by atoms with Crippen LogP contribution >= 0.6 is 15.9 Å². The van der Waals surface area contributed by atoms with Crippen LogP contribution in [0.5, 0.6) is 0 Å². The van der Waals surface area contributed by atoms with Gasteiger partial charge in [0.25, 0.3) is 0 Å². The fourth-order valence-corrected chi connectivity index (χ4v) is 4.71. The standard InChI is InChI=1S/C33H24BrN3/c34-30-21-19-29(20-22-30)33-36-31(27-15-11-25(12-16-27)23-7-3-1-4-8-23)35-32(37-33)28-17-13-26(14-18-28)24-9-5-2-6-10-24/h1,3-5,7-22H,2,6H2. The Kier molecular flexibility index (Phi) is 6.57. The Bertz CT molecular complexity index is 1590. The highest BCUT2D eigenvalue weighted by Crippen LogP contribution is 2.29. The van der Waals surface area contributed by atoms with E-state index in [1.54, 1.807) is 0 Å². The fourth-order valence-electron chi connectivity index (χ4n) is 4.44. The number of hydrogen-bond acceptors (Lipinski definition) is 3. The van der Waals surface area contributed by atoms with E-state index in [4.69, 9.17) is 15.0 Å². The second kappa shape index (κ2) is 10.5. The van der Waals surface area contributed by atoms with Gasteiger partial charge in [-0.1, -0.05) is 125 Å². The molecule has 4 heteroatoms. The van der Waals surface area contributed by atoms with Crippen molar-refractivity contribution in [2.75, 3.05) is 0 Å². The van der Waals surface area contributed by atoms with Gasteiger partial charge in [0.15, 0.2) is 17.5 Å². The van der Waals surface area contributed by atoms with Gasteiger partial charge in [-0.2, -0.15) is 0 Å². The Balaban J connectivity index is 1.40. The van der Waals surface area contributed by atoms with E-state index in [1.807, 2.05) is 30.3 Å². The topological polar surface area (TPSA) is 38.7 Å². The van der Waals surface area contributed by atoms with Crippen LogP contribution < -0.4 is 0 Å². The molecule has 1 aliphatic carbocycles. The number of allylic oxidation sites excluding steroid dienone is 4. The van der Waals surface area contributed by atoms with E-state index < -0.39 is 0 Å². The molecule has 0 fully saturated rings. The van der Waals surface area contributed by atoms with E-state index >= 15 is 0 Å². The van der Waals surface area contributed by atoms with Gasteiger partial charge in [0.2, 0.25) is 0 Å². The molecule has 0 saturated carbocycles. The third-order valence-corrected chi connectivity index (χ3v) is 6.99. The maximum Gasteiger partial charge on any atom is 0.164 e. The lowest BCUT2D eigenvalue weighted by molar-refractivity contribution is 1.04. The average molecular weight is 542 g/mol. The lowest BCUT2D eigenvalue weighted by atomic mass is 9.98. The molecule has 6 rings (SSSR count). The van der Waals surface area contributed by atoms with Crippen LogP contribution in [0.4, 0.5) is 0 Å². The molecule has 0 atom stereocenters. The van der Waals surface area contributed by atoms with Gasteiger partial charge in [-0.15, -0.1) is 0 Å². The van der Waals surface area contributed by atoms with Crippen molar-refractivity contribution < 1.29 is 0 Å². The summed E-state index contributed by atoms with van der Waals surface area (Å²) in [7, 11) is 0. The Labute approximate surface area is 225 Å². The Morgan fingerprint density at radius 3 is 1.43 bits per heavy atom. The van der Waals surface area contributed by atoms with Gasteiger partial charge in [0, 0.05) is 21.2 Å². The molecule has 3 nitrogen and oxygen atoms in total. The number of benzene rings is 4. The number of halogens is 1. The zero-order valence-electron chi connectivity index (χ0n) is 20.2. The number of nitrogens with zero attached hydrogens (tertiary/aromatic N) is 3. The predicted molar refractivity (Wildman–Crippen MR) is 156 cm³/mol. The largest absolute Gasteiger partial charge is 0.208 e. The van der Waals surface area contributed by atoms with Crippen LogP contribution in [0.15, 0.2) is 126 Å². The Morgan fingerprint density at radius 2 is 0.919 bits per heavy atom. The number of aromatic nitrogens is 3. The Morgan fingerprint density at radius 1 is 0.459 bits per heavy atom. The quantitative estimate of drug-likeness (QED) is 0.222. The first-order chi connectivity index (χ1) is 18.2. The SMILES string of the molecule is Brc1ccc(-c2nc(-c3ccc(C4=CCCC=C4)cc3)nc(-c3ccc(-c4ccccc4)cc3)n2)cc1. The second-order valence-corrected chi connectivity index (χ2v) is 9.89. The molecule has 0 unspecified atom stereocenters. The summed E-state index contributed by atoms with van der Waals surface area (Å²) < 4.78 is 1.02. The van der Waals surface area contributed by atoms with Crippen LogP contribution in [0.2, 0.25) is 0 Å². The van der Waals surface area contributed by atoms with Crippen LogP contribution in [0.25, 0.3) is 50.9 Å². The smallest absolute Gasteiger partial charge is 0.164 e. The van der Waals surface area contributed by atoms with Crippen LogP contribution in [-0.4, -0.2) is 15.0 Å². The summed E-state index contributed by atoms with van der Waals surface area (Å²) >= 11 is 3.52. The molecular weight excluding hydrogens is 518 g/mol. The van der Waals surface area contributed by atoms with Crippen molar-refractivity contribution >= 4 is 21.5 Å². The minimum absolute atomic E-state index is 0.654. The third kappa shape index (κ3) is 5.20. The number of hydrogen-bond donors (Lipinski definition) is 0. The first kappa shape index (κ1) is 23.3. The average Bonchev–Trinajstić information content (AvgIpc) is 2.98. The highest BCUT2D eigenvalue weighted by atomic mass is 79.9. The molecule has 178 valence electrons. The lowest BCUT2D eigenvalue weighted by Crippen LogP contribution is -2.00. The summed E-state index contributed by atoms with van der Waals surface area (Å²) in [5.41, 5.74) is 7.69. The van der Waals surface area contributed by atoms with Gasteiger partial charge < -0.3 is 0 Å². The van der Waals surface area contributed by atoms with E-state index in [-0.39, 0.29) is 0 Å². The van der Waals surface area contributed by atoms with Gasteiger partial charge >= 0.3 is 0 Å². The van der Waals surface area contributed by atoms with Crippen molar-refractivity contribution in [3.05, 3.63) is 131 Å². The van der Waals surface area contributed by atoms with Crippen molar-refractivity contribution in [3.63, 3.8) is 0 Å². The lowest BCUT2D eigenvalue weighted by Gasteiger charge is -2.11. The second-order valence-electron chi connectivity index (χ2n) is 8.97. The molecule has 5 aromatic rings. The van der Waals surface area contributed by atoms with E-state index in [9.17, 15) is 0 Å². The van der Waals surface area contributed by atoms with Crippen LogP contribution in [0.1, 0.15) is 18.4 Å². The number of rotatable bonds is 5. The zero-order valence-corrected chi connectivity index (χ0v) is 21.8. The molecule has 0 bridgehead atoms. The van der Waals surface area contributed by atoms with Crippen LogP contribution in [-0.2, 0) is 0 Å². The molecule has 0 saturated heterocycles. The van der Waals surface area contributed by atoms with Crippen LogP contribution in [0.3, 0.4) is 0 Å². The monoisotopic (exact) mass is 541 g/mol. The van der Waals surface area contributed by atoms with E-state index in [1.165, 1.54) is 16.7 Å². The summed E-state index contributed by atoms with van der Waals surface area (Å²) in [5, 5.41) is 0. The molecule has 0 aliphatic heterocycles. The molecule has 1 heterocycles. The first-order valence-corrected chi connectivity index (χ1v) is 13.2. The summed E-state index contributed by atoms with van der Waals surface area (Å²) in [6.07, 6.45) is 8.92. The van der Waals surface area contributed by atoms with E-state index in [2.05, 4.69) is 107 Å². The molecule has 0 spiro atoms. The minimum Gasteiger partial charge on any atom is -0.208 e. The summed E-state index contributed by atoms with van der Waals surface area (Å²) in [4.78, 5) is 14.6. The summed E-state index contributed by atoms with van der Waals surface area (Å²) in [6, 6.07) is 35.3. The van der Waals surface area contributed by atoms with Gasteiger partial charge in [-0.25, -0.2) is 15.0 Å². The van der Waals surface area contributed by atoms with Crippen molar-refractivity contribution in [1.82, 2.24) is 15.0 Å². The zero-order chi connectivity index (χ0) is 25.0. The molecule has 0 N–H and O–H groups in total. The molecule has 1 aliphatic rings. The van der Waals surface area contributed by atoms with Gasteiger partial charge in [-0.05, 0) is 47.2 Å². The molecule has 0 amide bonds. The molecule has 4 aromatic carbocycles.